The van der Waals surface area contributed by atoms with E-state index in [4.69, 9.17) is 4.52 Å². The lowest BCUT2D eigenvalue weighted by Gasteiger charge is -1.98. The Labute approximate surface area is 110 Å². The van der Waals surface area contributed by atoms with Crippen molar-refractivity contribution >= 4 is 0 Å². The van der Waals surface area contributed by atoms with Crippen molar-refractivity contribution in [3.8, 4) is 28.6 Å². The molecule has 0 fully saturated rings. The van der Waals surface area contributed by atoms with E-state index < -0.39 is 0 Å². The molecular weight excluding hydrogens is 240 g/mol. The van der Waals surface area contributed by atoms with Gasteiger partial charge in [-0.3, -0.25) is 0 Å². The molecule has 0 saturated carbocycles. The van der Waals surface area contributed by atoms with Crippen molar-refractivity contribution in [1.29, 1.82) is 0 Å². The van der Waals surface area contributed by atoms with E-state index in [9.17, 15) is 5.11 Å². The standard InChI is InChI=1S/C15H12N2O2/c1-10-6-2-3-7-11(10)14-16-15(19-17-14)12-8-4-5-9-13(12)18/h2-9,18H,1H3. The fourth-order valence-electron chi connectivity index (χ4n) is 1.92. The summed E-state index contributed by atoms with van der Waals surface area (Å²) >= 11 is 0. The monoisotopic (exact) mass is 252 g/mol. The summed E-state index contributed by atoms with van der Waals surface area (Å²) in [6.07, 6.45) is 0. The smallest absolute Gasteiger partial charge is 0.261 e. The van der Waals surface area contributed by atoms with Crippen LogP contribution in [0, 0.1) is 6.92 Å². The van der Waals surface area contributed by atoms with Crippen LogP contribution in [0.1, 0.15) is 5.56 Å². The van der Waals surface area contributed by atoms with Crippen molar-refractivity contribution in [2.75, 3.05) is 0 Å². The van der Waals surface area contributed by atoms with Crippen LogP contribution in [-0.4, -0.2) is 15.2 Å². The van der Waals surface area contributed by atoms with E-state index in [-0.39, 0.29) is 5.75 Å². The highest BCUT2D eigenvalue weighted by molar-refractivity contribution is 5.65. The van der Waals surface area contributed by atoms with Gasteiger partial charge in [0.2, 0.25) is 5.82 Å². The van der Waals surface area contributed by atoms with Crippen LogP contribution in [0.5, 0.6) is 5.75 Å². The minimum Gasteiger partial charge on any atom is -0.507 e. The molecule has 1 aromatic heterocycles. The summed E-state index contributed by atoms with van der Waals surface area (Å²) in [5.41, 5.74) is 2.54. The van der Waals surface area contributed by atoms with Gasteiger partial charge in [0.15, 0.2) is 0 Å². The molecule has 94 valence electrons. The summed E-state index contributed by atoms with van der Waals surface area (Å²) in [6, 6.07) is 14.7. The number of phenolic OH excluding ortho intramolecular Hbond substituents is 1. The van der Waals surface area contributed by atoms with E-state index in [0.29, 0.717) is 17.3 Å². The topological polar surface area (TPSA) is 59.2 Å². The molecule has 0 unspecified atom stereocenters. The molecule has 1 N–H and O–H groups in total. The molecule has 0 aliphatic heterocycles. The Morgan fingerprint density at radius 2 is 1.63 bits per heavy atom. The molecule has 0 spiro atoms. The van der Waals surface area contributed by atoms with Crippen molar-refractivity contribution < 1.29 is 9.63 Å². The van der Waals surface area contributed by atoms with Gasteiger partial charge in [-0.15, -0.1) is 0 Å². The number of phenols is 1. The Morgan fingerprint density at radius 1 is 0.947 bits per heavy atom. The first kappa shape index (κ1) is 11.5. The average molecular weight is 252 g/mol. The molecule has 0 aliphatic carbocycles. The molecule has 19 heavy (non-hydrogen) atoms. The largest absolute Gasteiger partial charge is 0.507 e. The van der Waals surface area contributed by atoms with Gasteiger partial charge < -0.3 is 9.63 Å². The summed E-state index contributed by atoms with van der Waals surface area (Å²) in [4.78, 5) is 4.33. The van der Waals surface area contributed by atoms with Crippen LogP contribution in [0.3, 0.4) is 0 Å². The van der Waals surface area contributed by atoms with Crippen LogP contribution in [0.15, 0.2) is 53.1 Å². The molecule has 0 saturated heterocycles. The Bertz CT molecular complexity index is 659. The van der Waals surface area contributed by atoms with E-state index in [1.165, 1.54) is 0 Å². The fraction of sp³-hybridized carbons (Fsp3) is 0.0667. The van der Waals surface area contributed by atoms with Crippen molar-refractivity contribution in [3.63, 3.8) is 0 Å². The van der Waals surface area contributed by atoms with Crippen LogP contribution in [0.4, 0.5) is 0 Å². The maximum atomic E-state index is 9.77. The molecular formula is C15H12N2O2. The van der Waals surface area contributed by atoms with Gasteiger partial charge in [0.25, 0.3) is 5.89 Å². The van der Waals surface area contributed by atoms with Crippen molar-refractivity contribution in [3.05, 3.63) is 54.1 Å². The van der Waals surface area contributed by atoms with Crippen molar-refractivity contribution in [1.82, 2.24) is 10.1 Å². The number of hydrogen-bond acceptors (Lipinski definition) is 4. The first-order valence-electron chi connectivity index (χ1n) is 5.94. The predicted molar refractivity (Wildman–Crippen MR) is 71.6 cm³/mol. The van der Waals surface area contributed by atoms with Crippen molar-refractivity contribution in [2.45, 2.75) is 6.92 Å². The van der Waals surface area contributed by atoms with Crippen LogP contribution in [-0.2, 0) is 0 Å². The van der Waals surface area contributed by atoms with Crippen molar-refractivity contribution in [2.24, 2.45) is 0 Å². The molecule has 0 aliphatic rings. The van der Waals surface area contributed by atoms with E-state index in [1.54, 1.807) is 18.2 Å². The number of rotatable bonds is 2. The number of hydrogen-bond donors (Lipinski definition) is 1. The molecule has 2 aromatic carbocycles. The van der Waals surface area contributed by atoms with Gasteiger partial charge in [0, 0.05) is 5.56 Å². The average Bonchev–Trinajstić information content (AvgIpc) is 2.89. The van der Waals surface area contributed by atoms with Gasteiger partial charge in [-0.05, 0) is 24.6 Å². The lowest BCUT2D eigenvalue weighted by Crippen LogP contribution is -1.85. The first-order valence-corrected chi connectivity index (χ1v) is 5.94. The second-order valence-electron chi connectivity index (χ2n) is 4.26. The highest BCUT2D eigenvalue weighted by Crippen LogP contribution is 2.29. The quantitative estimate of drug-likeness (QED) is 0.759. The number of aryl methyl sites for hydroxylation is 1. The molecule has 4 heteroatoms. The third kappa shape index (κ3) is 2.08. The number of aromatic nitrogens is 2. The van der Waals surface area contributed by atoms with Gasteiger partial charge in [-0.1, -0.05) is 41.6 Å². The second-order valence-corrected chi connectivity index (χ2v) is 4.26. The van der Waals surface area contributed by atoms with Gasteiger partial charge >= 0.3 is 0 Å². The van der Waals surface area contributed by atoms with Gasteiger partial charge in [-0.2, -0.15) is 4.98 Å². The lowest BCUT2D eigenvalue weighted by atomic mass is 10.1. The predicted octanol–water partition coefficient (Wildman–Crippen LogP) is 3.42. The molecule has 3 rings (SSSR count). The highest BCUT2D eigenvalue weighted by Gasteiger charge is 2.14. The Balaban J connectivity index is 2.06. The molecule has 0 bridgehead atoms. The molecule has 1 heterocycles. The molecule has 0 amide bonds. The Morgan fingerprint density at radius 3 is 2.37 bits per heavy atom. The summed E-state index contributed by atoms with van der Waals surface area (Å²) in [7, 11) is 0. The van der Waals surface area contributed by atoms with Crippen LogP contribution >= 0.6 is 0 Å². The number of benzene rings is 2. The fourth-order valence-corrected chi connectivity index (χ4v) is 1.92. The summed E-state index contributed by atoms with van der Waals surface area (Å²) < 4.78 is 5.22. The van der Waals surface area contributed by atoms with Gasteiger partial charge in [0.1, 0.15) is 5.75 Å². The normalized spacial score (nSPS) is 10.6. The van der Waals surface area contributed by atoms with Gasteiger partial charge in [-0.25, -0.2) is 0 Å². The molecule has 0 atom stereocenters. The van der Waals surface area contributed by atoms with Crippen LogP contribution in [0.2, 0.25) is 0 Å². The van der Waals surface area contributed by atoms with Crippen LogP contribution in [0.25, 0.3) is 22.8 Å². The minimum absolute atomic E-state index is 0.127. The maximum absolute atomic E-state index is 9.77. The summed E-state index contributed by atoms with van der Waals surface area (Å²) in [6.45, 7) is 1.99. The number of para-hydroxylation sites is 1. The zero-order chi connectivity index (χ0) is 13.2. The number of aromatic hydroxyl groups is 1. The van der Waals surface area contributed by atoms with Gasteiger partial charge in [0.05, 0.1) is 5.56 Å². The molecule has 4 nitrogen and oxygen atoms in total. The SMILES string of the molecule is Cc1ccccc1-c1noc(-c2ccccc2O)n1. The third-order valence-electron chi connectivity index (χ3n) is 2.95. The number of nitrogens with zero attached hydrogens (tertiary/aromatic N) is 2. The highest BCUT2D eigenvalue weighted by atomic mass is 16.5. The minimum atomic E-state index is 0.127. The van der Waals surface area contributed by atoms with E-state index >= 15 is 0 Å². The Kier molecular flexibility index (Phi) is 2.76. The zero-order valence-corrected chi connectivity index (χ0v) is 10.4. The summed E-state index contributed by atoms with van der Waals surface area (Å²) in [5.74, 6) is 0.968. The van der Waals surface area contributed by atoms with E-state index in [2.05, 4.69) is 10.1 Å². The summed E-state index contributed by atoms with van der Waals surface area (Å²) in [5, 5.41) is 13.7. The maximum Gasteiger partial charge on any atom is 0.261 e. The molecule has 0 radical (unpaired) electrons. The molecule has 3 aromatic rings. The van der Waals surface area contributed by atoms with E-state index in [1.807, 2.05) is 37.3 Å². The van der Waals surface area contributed by atoms with E-state index in [0.717, 1.165) is 11.1 Å². The zero-order valence-electron chi connectivity index (χ0n) is 10.4. The second kappa shape index (κ2) is 4.57. The Hall–Kier alpha value is -2.62. The first-order chi connectivity index (χ1) is 9.25. The van der Waals surface area contributed by atoms with Crippen LogP contribution < -0.4 is 0 Å². The lowest BCUT2D eigenvalue weighted by molar-refractivity contribution is 0.425. The third-order valence-corrected chi connectivity index (χ3v) is 2.95.